The molecule has 4 N–H and O–H groups in total. The molecule has 1 aromatic heterocycles. The van der Waals surface area contributed by atoms with Crippen LogP contribution in [0.4, 0.5) is 5.82 Å². The summed E-state index contributed by atoms with van der Waals surface area (Å²) in [5.41, 5.74) is 5.40. The molecule has 4 atom stereocenters. The summed E-state index contributed by atoms with van der Waals surface area (Å²) in [6.45, 7) is 2.85. The molecule has 0 spiro atoms. The number of nitrogens with zero attached hydrogens (tertiary/aromatic N) is 2. The first-order valence-corrected chi connectivity index (χ1v) is 8.54. The lowest BCUT2D eigenvalue weighted by atomic mass is 10.1. The van der Waals surface area contributed by atoms with Gasteiger partial charge in [0.25, 0.3) is 0 Å². The number of aliphatic hydroxyl groups is 2. The van der Waals surface area contributed by atoms with Crippen molar-refractivity contribution in [3.05, 3.63) is 22.2 Å². The van der Waals surface area contributed by atoms with Crippen molar-refractivity contribution >= 4 is 13.6 Å². The van der Waals surface area contributed by atoms with Crippen molar-refractivity contribution in [3.8, 4) is 0 Å². The predicted molar refractivity (Wildman–Crippen MR) is 76.5 cm³/mol. The van der Waals surface area contributed by atoms with E-state index in [2.05, 4.69) is 9.51 Å². The van der Waals surface area contributed by atoms with Gasteiger partial charge < -0.3 is 39.6 Å². The summed E-state index contributed by atoms with van der Waals surface area (Å²) in [5, 5.41) is 20.0. The van der Waals surface area contributed by atoms with Crippen molar-refractivity contribution in [2.75, 3.05) is 12.3 Å². The molecule has 11 nitrogen and oxygen atoms in total. The van der Waals surface area contributed by atoms with E-state index in [0.717, 1.165) is 4.57 Å². The molecule has 1 fully saturated rings. The largest absolute Gasteiger partial charge is 0.790 e. The van der Waals surface area contributed by atoms with Gasteiger partial charge in [-0.25, -0.2) is 4.79 Å². The Morgan fingerprint density at radius 3 is 2.62 bits per heavy atom. The fourth-order valence-electron chi connectivity index (χ4n) is 2.39. The van der Waals surface area contributed by atoms with Crippen LogP contribution in [-0.4, -0.2) is 44.7 Å². The standard InChI is InChI=1S/C12H20N3O8P/c1-5(2)6-3-15(12(18)14-10(6)13)11-9(17)8(16)7(23-11)4-22-24(19,20)21/h3,5,7-9,11,16-17H,4H2,1-2H3,(H2,13,14,18)(H2,19,20,21)/p-2/t7-,8-,9-,11-/m1/s1. The SMILES string of the molecule is CC(C)c1cn([C@@H]2O[C@H](COP(=O)([O-])[O-])[C@@H](O)[C@H]2O)c(=O)nc1N. The maximum absolute atomic E-state index is 12.0. The molecular weight excluding hydrogens is 345 g/mol. The first-order valence-electron chi connectivity index (χ1n) is 7.08. The number of aliphatic hydroxyl groups excluding tert-OH is 2. The highest BCUT2D eigenvalue weighted by Gasteiger charge is 2.44. The van der Waals surface area contributed by atoms with Crippen molar-refractivity contribution in [1.82, 2.24) is 9.55 Å². The zero-order chi connectivity index (χ0) is 18.2. The molecule has 136 valence electrons. The Labute approximate surface area is 136 Å². The van der Waals surface area contributed by atoms with Gasteiger partial charge >= 0.3 is 5.69 Å². The van der Waals surface area contributed by atoms with Gasteiger partial charge in [0, 0.05) is 11.8 Å². The Morgan fingerprint density at radius 1 is 1.46 bits per heavy atom. The molecule has 0 aromatic carbocycles. The van der Waals surface area contributed by atoms with Crippen molar-refractivity contribution in [3.63, 3.8) is 0 Å². The monoisotopic (exact) mass is 363 g/mol. The van der Waals surface area contributed by atoms with Gasteiger partial charge in [-0.15, -0.1) is 0 Å². The number of nitrogen functional groups attached to an aromatic ring is 1. The molecule has 0 amide bonds. The van der Waals surface area contributed by atoms with Gasteiger partial charge in [0.15, 0.2) is 6.23 Å². The molecule has 0 saturated carbocycles. The lowest BCUT2D eigenvalue weighted by molar-refractivity contribution is -0.343. The summed E-state index contributed by atoms with van der Waals surface area (Å²) in [5.74, 6) is -0.0310. The maximum Gasteiger partial charge on any atom is 0.351 e. The van der Waals surface area contributed by atoms with E-state index < -0.39 is 44.7 Å². The molecule has 2 rings (SSSR count). The normalized spacial score (nSPS) is 27.8. The van der Waals surface area contributed by atoms with Crippen molar-refractivity contribution in [2.24, 2.45) is 0 Å². The van der Waals surface area contributed by atoms with E-state index in [1.165, 1.54) is 6.20 Å². The van der Waals surface area contributed by atoms with E-state index in [-0.39, 0.29) is 11.7 Å². The molecular formula is C12H18N3O8P-2. The Balaban J connectivity index is 2.28. The van der Waals surface area contributed by atoms with Gasteiger partial charge in [-0.2, -0.15) is 4.98 Å². The van der Waals surface area contributed by atoms with E-state index in [1.54, 1.807) is 0 Å². The fourth-order valence-corrected chi connectivity index (χ4v) is 2.71. The lowest BCUT2D eigenvalue weighted by Crippen LogP contribution is -2.37. The summed E-state index contributed by atoms with van der Waals surface area (Å²) in [6, 6.07) is 0. The molecule has 2 heterocycles. The van der Waals surface area contributed by atoms with Gasteiger partial charge in [0.05, 0.1) is 14.4 Å². The number of anilines is 1. The zero-order valence-electron chi connectivity index (χ0n) is 12.9. The van der Waals surface area contributed by atoms with Gasteiger partial charge in [-0.3, -0.25) is 4.57 Å². The minimum Gasteiger partial charge on any atom is -0.790 e. The number of aromatic nitrogens is 2. The molecule has 0 aliphatic carbocycles. The number of ether oxygens (including phenoxy) is 1. The van der Waals surface area contributed by atoms with Crippen LogP contribution < -0.4 is 21.2 Å². The average Bonchev–Trinajstić information content (AvgIpc) is 2.72. The predicted octanol–water partition coefficient (Wildman–Crippen LogP) is -2.59. The van der Waals surface area contributed by atoms with Crippen LogP contribution in [0.1, 0.15) is 31.6 Å². The highest BCUT2D eigenvalue weighted by atomic mass is 31.2. The molecule has 0 radical (unpaired) electrons. The Kier molecular flexibility index (Phi) is 5.45. The van der Waals surface area contributed by atoms with Crippen molar-refractivity contribution in [1.29, 1.82) is 0 Å². The Bertz CT molecular complexity index is 702. The third-order valence-electron chi connectivity index (χ3n) is 3.64. The molecule has 0 unspecified atom stereocenters. The smallest absolute Gasteiger partial charge is 0.351 e. The lowest BCUT2D eigenvalue weighted by Gasteiger charge is -2.30. The summed E-state index contributed by atoms with van der Waals surface area (Å²) in [6.07, 6.45) is -4.41. The molecule has 1 saturated heterocycles. The zero-order valence-corrected chi connectivity index (χ0v) is 13.8. The average molecular weight is 363 g/mol. The number of phosphoric acid groups is 1. The highest BCUT2D eigenvalue weighted by molar-refractivity contribution is 7.43. The van der Waals surface area contributed by atoms with Crippen LogP contribution in [0.2, 0.25) is 0 Å². The number of rotatable bonds is 5. The van der Waals surface area contributed by atoms with E-state index >= 15 is 0 Å². The van der Waals surface area contributed by atoms with Gasteiger partial charge in [0.2, 0.25) is 0 Å². The number of nitrogens with two attached hydrogens (primary N) is 1. The minimum atomic E-state index is -5.26. The third-order valence-corrected chi connectivity index (χ3v) is 4.11. The van der Waals surface area contributed by atoms with Crippen molar-refractivity contribution in [2.45, 2.75) is 44.3 Å². The second-order valence-corrected chi connectivity index (χ2v) is 6.87. The first kappa shape index (κ1) is 19.0. The van der Waals surface area contributed by atoms with E-state index in [4.69, 9.17) is 10.5 Å². The van der Waals surface area contributed by atoms with Crippen LogP contribution in [0, 0.1) is 0 Å². The van der Waals surface area contributed by atoms with Crippen LogP contribution >= 0.6 is 7.82 Å². The summed E-state index contributed by atoms with van der Waals surface area (Å²) >= 11 is 0. The highest BCUT2D eigenvalue weighted by Crippen LogP contribution is 2.33. The van der Waals surface area contributed by atoms with Gasteiger partial charge in [0.1, 0.15) is 24.1 Å². The molecule has 12 heteroatoms. The topological polar surface area (TPSA) is 183 Å². The van der Waals surface area contributed by atoms with Crippen LogP contribution in [0.5, 0.6) is 0 Å². The van der Waals surface area contributed by atoms with Gasteiger partial charge in [-0.1, -0.05) is 13.8 Å². The third kappa shape index (κ3) is 4.01. The van der Waals surface area contributed by atoms with Crippen LogP contribution in [0.3, 0.4) is 0 Å². The Hall–Kier alpha value is -1.33. The quantitative estimate of drug-likeness (QED) is 0.469. The van der Waals surface area contributed by atoms with Crippen molar-refractivity contribution < 1.29 is 33.8 Å². The first-order chi connectivity index (χ1) is 11.0. The number of hydrogen-bond donors (Lipinski definition) is 3. The Morgan fingerprint density at radius 2 is 2.08 bits per heavy atom. The number of phosphoric ester groups is 1. The number of hydrogen-bond acceptors (Lipinski definition) is 10. The van der Waals surface area contributed by atoms with Gasteiger partial charge in [-0.05, 0) is 5.92 Å². The molecule has 1 aliphatic heterocycles. The van der Waals surface area contributed by atoms with E-state index in [1.807, 2.05) is 13.8 Å². The van der Waals surface area contributed by atoms with Crippen LogP contribution in [-0.2, 0) is 13.8 Å². The second kappa shape index (κ2) is 6.89. The molecule has 0 bridgehead atoms. The molecule has 24 heavy (non-hydrogen) atoms. The molecule has 1 aliphatic rings. The molecule has 1 aromatic rings. The van der Waals surface area contributed by atoms with E-state index in [9.17, 15) is 29.4 Å². The summed E-state index contributed by atoms with van der Waals surface area (Å²) < 4.78 is 20.8. The summed E-state index contributed by atoms with van der Waals surface area (Å²) in [7, 11) is -5.26. The fraction of sp³-hybridized carbons (Fsp3) is 0.667. The second-order valence-electron chi connectivity index (χ2n) is 5.72. The van der Waals surface area contributed by atoms with E-state index in [0.29, 0.717) is 5.56 Å². The van der Waals surface area contributed by atoms with Crippen LogP contribution in [0.25, 0.3) is 0 Å². The minimum absolute atomic E-state index is 0.0396. The summed E-state index contributed by atoms with van der Waals surface area (Å²) in [4.78, 5) is 36.7. The maximum atomic E-state index is 12.0. The van der Waals surface area contributed by atoms with Crippen LogP contribution in [0.15, 0.2) is 11.0 Å².